The van der Waals surface area contributed by atoms with Gasteiger partial charge in [-0.15, -0.1) is 0 Å². The fourth-order valence-electron chi connectivity index (χ4n) is 9.29. The molecule has 12 rings (SSSR count). The zero-order valence-corrected chi connectivity index (χ0v) is 32.1. The molecule has 2 heterocycles. The second-order valence-corrected chi connectivity index (χ2v) is 15.3. The maximum Gasteiger partial charge on any atom is 0.136 e. The summed E-state index contributed by atoms with van der Waals surface area (Å²) in [5.41, 5.74) is 13.1. The number of furan rings is 1. The average Bonchev–Trinajstić information content (AvgIpc) is 3.86. The van der Waals surface area contributed by atoms with Gasteiger partial charge in [0.25, 0.3) is 0 Å². The lowest BCUT2D eigenvalue weighted by Crippen LogP contribution is -2.12. The summed E-state index contributed by atoms with van der Waals surface area (Å²) in [6.07, 6.45) is 0. The number of rotatable bonds is 6. The van der Waals surface area contributed by atoms with Gasteiger partial charge in [0, 0.05) is 44.2 Å². The van der Waals surface area contributed by atoms with Gasteiger partial charge in [0.1, 0.15) is 11.2 Å². The molecule has 0 spiro atoms. The molecule has 10 aromatic carbocycles. The normalized spacial score (nSPS) is 11.7. The molecule has 2 aromatic heterocycles. The summed E-state index contributed by atoms with van der Waals surface area (Å²) in [5, 5.41) is 9.77. The van der Waals surface area contributed by atoms with Gasteiger partial charge in [-0.2, -0.15) is 0 Å². The molecule has 59 heavy (non-hydrogen) atoms. The van der Waals surface area contributed by atoms with Crippen molar-refractivity contribution in [3.63, 3.8) is 0 Å². The molecule has 0 bridgehead atoms. The average molecular weight is 753 g/mol. The lowest BCUT2D eigenvalue weighted by atomic mass is 9.96. The summed E-state index contributed by atoms with van der Waals surface area (Å²) >= 11 is 0. The lowest BCUT2D eigenvalue weighted by Gasteiger charge is -2.29. The lowest BCUT2D eigenvalue weighted by molar-refractivity contribution is 0.669. The minimum atomic E-state index is 0.881. The van der Waals surface area contributed by atoms with Crippen LogP contribution in [-0.2, 0) is 0 Å². The molecule has 3 nitrogen and oxygen atoms in total. The molecule has 0 unspecified atom stereocenters. The Morgan fingerprint density at radius 2 is 0.966 bits per heavy atom. The Morgan fingerprint density at radius 1 is 0.356 bits per heavy atom. The zero-order valence-electron chi connectivity index (χ0n) is 32.1. The van der Waals surface area contributed by atoms with Crippen LogP contribution in [0.2, 0.25) is 0 Å². The van der Waals surface area contributed by atoms with Crippen LogP contribution in [0.5, 0.6) is 0 Å². The summed E-state index contributed by atoms with van der Waals surface area (Å²) in [5.74, 6) is 0. The monoisotopic (exact) mass is 752 g/mol. The van der Waals surface area contributed by atoms with E-state index < -0.39 is 0 Å². The van der Waals surface area contributed by atoms with Crippen molar-refractivity contribution in [2.45, 2.75) is 0 Å². The minimum Gasteiger partial charge on any atom is -0.456 e. The van der Waals surface area contributed by atoms with Crippen molar-refractivity contribution in [3.8, 4) is 27.9 Å². The number of hydrogen-bond acceptors (Lipinski definition) is 2. The Labute approximate surface area is 341 Å². The molecule has 0 aliphatic rings. The van der Waals surface area contributed by atoms with Crippen LogP contribution in [0.3, 0.4) is 0 Å². The molecule has 276 valence electrons. The molecule has 0 saturated heterocycles. The van der Waals surface area contributed by atoms with Gasteiger partial charge >= 0.3 is 0 Å². The Hall–Kier alpha value is -7.88. The number of aromatic nitrogens is 1. The number of nitrogens with zero attached hydrogens (tertiary/aromatic N) is 2. The Bertz CT molecular complexity index is 3520. The molecule has 0 N–H and O–H groups in total. The highest BCUT2D eigenvalue weighted by molar-refractivity contribution is 6.14. The van der Waals surface area contributed by atoms with Crippen molar-refractivity contribution in [1.29, 1.82) is 0 Å². The second-order valence-electron chi connectivity index (χ2n) is 15.3. The predicted octanol–water partition coefficient (Wildman–Crippen LogP) is 15.8. The SMILES string of the molecule is c1cc(N(c2ccc(-c3ccc4c(ccc5ccccc54)c3)cc2)c2ccccc2-c2cccc3oc4ccccc4c23)cc(-n2c3ccccc3c3ccccc32)c1. The zero-order chi connectivity index (χ0) is 38.9. The van der Waals surface area contributed by atoms with E-state index in [2.05, 4.69) is 222 Å². The van der Waals surface area contributed by atoms with Crippen LogP contribution >= 0.6 is 0 Å². The van der Waals surface area contributed by atoms with Gasteiger partial charge in [-0.3, -0.25) is 0 Å². The third-order valence-corrected chi connectivity index (χ3v) is 12.0. The molecular weight excluding hydrogens is 717 g/mol. The fourth-order valence-corrected chi connectivity index (χ4v) is 9.29. The first kappa shape index (κ1) is 33.3. The van der Waals surface area contributed by atoms with Crippen molar-refractivity contribution in [1.82, 2.24) is 4.57 Å². The minimum absolute atomic E-state index is 0.881. The van der Waals surface area contributed by atoms with E-state index in [4.69, 9.17) is 4.42 Å². The fraction of sp³-hybridized carbons (Fsp3) is 0. The molecule has 12 aromatic rings. The maximum atomic E-state index is 6.40. The van der Waals surface area contributed by atoms with Crippen LogP contribution in [0, 0.1) is 0 Å². The highest BCUT2D eigenvalue weighted by atomic mass is 16.3. The van der Waals surface area contributed by atoms with Crippen LogP contribution < -0.4 is 4.90 Å². The number of hydrogen-bond donors (Lipinski definition) is 0. The third kappa shape index (κ3) is 5.36. The Kier molecular flexibility index (Phi) is 7.54. The number of benzene rings is 10. The van der Waals surface area contributed by atoms with Gasteiger partial charge in [-0.1, -0.05) is 152 Å². The van der Waals surface area contributed by atoms with Crippen molar-refractivity contribution < 1.29 is 4.42 Å². The van der Waals surface area contributed by atoms with Gasteiger partial charge < -0.3 is 13.9 Å². The van der Waals surface area contributed by atoms with Crippen LogP contribution in [0.4, 0.5) is 17.1 Å². The number of para-hydroxylation sites is 4. The summed E-state index contributed by atoms with van der Waals surface area (Å²) in [6, 6.07) is 78.8. The third-order valence-electron chi connectivity index (χ3n) is 12.0. The summed E-state index contributed by atoms with van der Waals surface area (Å²) in [4.78, 5) is 2.41. The van der Waals surface area contributed by atoms with Crippen LogP contribution in [-0.4, -0.2) is 4.57 Å². The van der Waals surface area contributed by atoms with Gasteiger partial charge in [-0.05, 0) is 105 Å². The summed E-state index contributed by atoms with van der Waals surface area (Å²) < 4.78 is 8.79. The van der Waals surface area contributed by atoms with E-state index in [1.54, 1.807) is 0 Å². The van der Waals surface area contributed by atoms with Gasteiger partial charge in [0.05, 0.1) is 16.7 Å². The van der Waals surface area contributed by atoms with Crippen molar-refractivity contribution in [2.24, 2.45) is 0 Å². The quantitative estimate of drug-likeness (QED) is 0.158. The Balaban J connectivity index is 1.05. The number of fused-ring (bicyclic) bond motifs is 9. The first-order valence-corrected chi connectivity index (χ1v) is 20.2. The van der Waals surface area contributed by atoms with E-state index in [1.807, 2.05) is 6.07 Å². The predicted molar refractivity (Wildman–Crippen MR) is 249 cm³/mol. The number of anilines is 3. The summed E-state index contributed by atoms with van der Waals surface area (Å²) in [6.45, 7) is 0. The highest BCUT2D eigenvalue weighted by Crippen LogP contribution is 2.46. The second kappa shape index (κ2) is 13.4. The van der Waals surface area contributed by atoms with Crippen molar-refractivity contribution >= 4 is 82.4 Å². The highest BCUT2D eigenvalue weighted by Gasteiger charge is 2.21. The molecule has 0 radical (unpaired) electrons. The summed E-state index contributed by atoms with van der Waals surface area (Å²) in [7, 11) is 0. The van der Waals surface area contributed by atoms with Gasteiger partial charge in [0.2, 0.25) is 0 Å². The first-order chi connectivity index (χ1) is 29.3. The molecule has 0 atom stereocenters. The van der Waals surface area contributed by atoms with Crippen molar-refractivity contribution in [3.05, 3.63) is 218 Å². The van der Waals surface area contributed by atoms with E-state index in [0.717, 1.165) is 55.8 Å². The molecule has 0 aliphatic carbocycles. The first-order valence-electron chi connectivity index (χ1n) is 20.2. The van der Waals surface area contributed by atoms with Gasteiger partial charge in [0.15, 0.2) is 0 Å². The smallest absolute Gasteiger partial charge is 0.136 e. The van der Waals surface area contributed by atoms with E-state index in [0.29, 0.717) is 0 Å². The van der Waals surface area contributed by atoms with E-state index in [9.17, 15) is 0 Å². The van der Waals surface area contributed by atoms with Crippen LogP contribution in [0.25, 0.3) is 93.2 Å². The van der Waals surface area contributed by atoms with Crippen LogP contribution in [0.1, 0.15) is 0 Å². The van der Waals surface area contributed by atoms with Crippen LogP contribution in [0.15, 0.2) is 223 Å². The van der Waals surface area contributed by atoms with Gasteiger partial charge in [-0.25, -0.2) is 0 Å². The van der Waals surface area contributed by atoms with E-state index >= 15 is 0 Å². The standard InChI is InChI=1S/C56H36N2O/c1-2-16-44-38(13-1)27-28-40-35-39(31-34-45(40)44)37-29-32-41(33-30-37)57(42-14-11-15-43(36-42)58-52-23-8-3-17-46(52)47-18-4-9-24-53(47)58)51-22-7-5-19-48(51)49-21-12-26-55-56(49)50-20-6-10-25-54(50)59-55/h1-36H. The van der Waals surface area contributed by atoms with E-state index in [-0.39, 0.29) is 0 Å². The Morgan fingerprint density at radius 3 is 1.80 bits per heavy atom. The maximum absolute atomic E-state index is 6.40. The van der Waals surface area contributed by atoms with E-state index in [1.165, 1.54) is 54.5 Å². The topological polar surface area (TPSA) is 21.3 Å². The largest absolute Gasteiger partial charge is 0.456 e. The molecular formula is C56H36N2O. The molecule has 0 amide bonds. The molecule has 0 saturated carbocycles. The molecule has 0 aliphatic heterocycles. The molecule has 0 fully saturated rings. The molecule has 3 heteroatoms. The van der Waals surface area contributed by atoms with Crippen molar-refractivity contribution in [2.75, 3.05) is 4.90 Å².